The molecule has 0 saturated heterocycles. The van der Waals surface area contributed by atoms with Crippen LogP contribution in [0.25, 0.3) is 11.1 Å². The van der Waals surface area contributed by atoms with E-state index in [-0.39, 0.29) is 0 Å². The molecule has 40 heavy (non-hydrogen) atoms. The summed E-state index contributed by atoms with van der Waals surface area (Å²) in [7, 11) is 6.16. The number of rotatable bonds is 17. The van der Waals surface area contributed by atoms with E-state index in [0.717, 1.165) is 49.2 Å². The topological polar surface area (TPSA) is 43.0 Å². The summed E-state index contributed by atoms with van der Waals surface area (Å²) < 4.78 is 5.85. The monoisotopic (exact) mass is 546 g/mol. The molecule has 0 aliphatic carbocycles. The first-order valence-corrected chi connectivity index (χ1v) is 14.8. The summed E-state index contributed by atoms with van der Waals surface area (Å²) in [6.45, 7) is 9.41. The summed E-state index contributed by atoms with van der Waals surface area (Å²) in [6, 6.07) is 27.2. The Hall–Kier alpha value is -3.12. The van der Waals surface area contributed by atoms with Crippen LogP contribution >= 0.6 is 0 Å². The van der Waals surface area contributed by atoms with Gasteiger partial charge in [0.15, 0.2) is 5.75 Å². The Bertz CT molecular complexity index is 1080. The van der Waals surface area contributed by atoms with Crippen LogP contribution in [0.5, 0.6) is 11.5 Å². The second-order valence-electron chi connectivity index (χ2n) is 9.70. The van der Waals surface area contributed by atoms with Gasteiger partial charge in [-0.3, -0.25) is 0 Å². The first kappa shape index (κ1) is 33.1. The van der Waals surface area contributed by atoms with Crippen molar-refractivity contribution in [1.29, 1.82) is 0 Å². The summed E-state index contributed by atoms with van der Waals surface area (Å²) >= 11 is 0. The van der Waals surface area contributed by atoms with E-state index in [1.54, 1.807) is 0 Å². The number of nitrogens with zero attached hydrogens (tertiary/aromatic N) is 1. The van der Waals surface area contributed by atoms with E-state index in [0.29, 0.717) is 19.0 Å². The number of hydrogen-bond donors (Lipinski definition) is 1. The van der Waals surface area contributed by atoms with Crippen LogP contribution in [0, 0.1) is 0 Å². The predicted molar refractivity (Wildman–Crippen MR) is 170 cm³/mol. The molecule has 0 radical (unpaired) electrons. The van der Waals surface area contributed by atoms with Gasteiger partial charge in [0.05, 0.1) is 6.61 Å². The van der Waals surface area contributed by atoms with Crippen LogP contribution in [-0.4, -0.2) is 52.3 Å². The zero-order chi connectivity index (χ0) is 29.0. The van der Waals surface area contributed by atoms with Gasteiger partial charge in [0, 0.05) is 6.54 Å². The lowest BCUT2D eigenvalue weighted by atomic mass is 9.88. The molecule has 5 nitrogen and oxygen atoms in total. The van der Waals surface area contributed by atoms with Gasteiger partial charge in [-0.2, -0.15) is 4.89 Å². The van der Waals surface area contributed by atoms with Gasteiger partial charge < -0.3 is 19.8 Å². The molecule has 0 fully saturated rings. The molecule has 0 aliphatic rings. The lowest BCUT2D eigenvalue weighted by Crippen LogP contribution is -2.15. The summed E-state index contributed by atoms with van der Waals surface area (Å²) in [5.41, 5.74) is 6.04. The summed E-state index contributed by atoms with van der Waals surface area (Å²) in [5, 5.41) is 3.11. The molecule has 0 bridgehead atoms. The van der Waals surface area contributed by atoms with Gasteiger partial charge in [-0.25, -0.2) is 0 Å². The van der Waals surface area contributed by atoms with Crippen LogP contribution in [-0.2, 0) is 4.89 Å². The fourth-order valence-corrected chi connectivity index (χ4v) is 4.40. The molecule has 218 valence electrons. The van der Waals surface area contributed by atoms with Crippen LogP contribution in [0.1, 0.15) is 69.6 Å². The van der Waals surface area contributed by atoms with E-state index < -0.39 is 0 Å². The predicted octanol–water partition coefficient (Wildman–Crippen LogP) is 8.11. The van der Waals surface area contributed by atoms with E-state index in [4.69, 9.17) is 14.5 Å². The Balaban J connectivity index is 0.00000274. The normalized spacial score (nSPS) is 11.5. The highest BCUT2D eigenvalue weighted by atomic mass is 17.2. The summed E-state index contributed by atoms with van der Waals surface area (Å²) in [6.07, 6.45) is 5.51. The van der Waals surface area contributed by atoms with Gasteiger partial charge >= 0.3 is 0 Å². The second-order valence-corrected chi connectivity index (χ2v) is 9.70. The second kappa shape index (κ2) is 19.9. The number of unbranched alkanes of at least 4 members (excludes halogenated alkanes) is 3. The van der Waals surface area contributed by atoms with Crippen molar-refractivity contribution in [3.05, 3.63) is 95.6 Å². The Morgan fingerprint density at radius 2 is 1.30 bits per heavy atom. The SMILES string of the molecule is CC.CC/C(=C(\c1ccc(OCCNC)cc1)c1ccc(OOCCCCCCN(C)C)cc1)c1ccccc1. The minimum Gasteiger partial charge on any atom is -0.492 e. The fourth-order valence-electron chi connectivity index (χ4n) is 4.40. The Morgan fingerprint density at radius 1 is 0.700 bits per heavy atom. The molecule has 0 saturated carbocycles. The Labute approximate surface area is 243 Å². The van der Waals surface area contributed by atoms with Crippen molar-refractivity contribution in [1.82, 2.24) is 10.2 Å². The van der Waals surface area contributed by atoms with Crippen molar-refractivity contribution in [2.24, 2.45) is 0 Å². The standard InChI is InChI=1S/C33H44N2O3.C2H6/c1-5-32(27-13-9-8-10-14-27)33(28-15-19-30(20-16-28)36-26-23-34-2)29-17-21-31(22-18-29)38-37-25-12-7-6-11-24-35(3)4;1-2/h8-10,13-22,34H,5-7,11-12,23-26H2,1-4H3;1-2H3/b33-32-;. The minimum absolute atomic E-state index is 0.603. The molecular formula is C35H50N2O3. The number of nitrogens with one attached hydrogen (secondary N) is 1. The largest absolute Gasteiger partial charge is 0.492 e. The molecule has 0 atom stereocenters. The third-order valence-corrected chi connectivity index (χ3v) is 6.42. The third-order valence-electron chi connectivity index (χ3n) is 6.42. The molecule has 0 aliphatic heterocycles. The maximum atomic E-state index is 5.85. The van der Waals surface area contributed by atoms with Crippen molar-refractivity contribution in [2.75, 3.05) is 47.4 Å². The van der Waals surface area contributed by atoms with Crippen LogP contribution in [0.3, 0.4) is 0 Å². The van der Waals surface area contributed by atoms with Crippen molar-refractivity contribution < 1.29 is 14.5 Å². The van der Waals surface area contributed by atoms with E-state index in [9.17, 15) is 0 Å². The Morgan fingerprint density at radius 3 is 1.88 bits per heavy atom. The lowest BCUT2D eigenvalue weighted by Gasteiger charge is -2.17. The van der Waals surface area contributed by atoms with Crippen molar-refractivity contribution in [2.45, 2.75) is 52.9 Å². The first-order valence-electron chi connectivity index (χ1n) is 14.8. The van der Waals surface area contributed by atoms with Gasteiger partial charge in [-0.05, 0) is 99.1 Å². The van der Waals surface area contributed by atoms with Crippen LogP contribution in [0.2, 0.25) is 0 Å². The van der Waals surface area contributed by atoms with E-state index in [1.165, 1.54) is 29.6 Å². The molecule has 0 heterocycles. The van der Waals surface area contributed by atoms with Crippen LogP contribution in [0.15, 0.2) is 78.9 Å². The average Bonchev–Trinajstić information content (AvgIpc) is 2.99. The summed E-state index contributed by atoms with van der Waals surface area (Å²) in [4.78, 5) is 13.3. The van der Waals surface area contributed by atoms with E-state index in [1.807, 2.05) is 33.0 Å². The fraction of sp³-hybridized carbons (Fsp3) is 0.429. The minimum atomic E-state index is 0.603. The maximum absolute atomic E-state index is 5.85. The molecule has 5 heteroatoms. The molecule has 3 aromatic rings. The Kier molecular flexibility index (Phi) is 16.4. The molecule has 1 N–H and O–H groups in total. The van der Waals surface area contributed by atoms with Gasteiger partial charge in [-0.1, -0.05) is 88.2 Å². The number of ether oxygens (including phenoxy) is 1. The van der Waals surface area contributed by atoms with Gasteiger partial charge in [-0.15, -0.1) is 0 Å². The smallest absolute Gasteiger partial charge is 0.165 e. The molecule has 0 amide bonds. The quantitative estimate of drug-likeness (QED) is 0.0802. The lowest BCUT2D eigenvalue weighted by molar-refractivity contribution is -0.207. The first-order chi connectivity index (χ1) is 19.6. The number of allylic oxidation sites excluding steroid dienone is 1. The van der Waals surface area contributed by atoms with E-state index >= 15 is 0 Å². The van der Waals surface area contributed by atoms with Crippen molar-refractivity contribution in [3.63, 3.8) is 0 Å². The number of likely N-dealkylation sites (N-methyl/N-ethyl adjacent to an activating group) is 1. The van der Waals surface area contributed by atoms with Gasteiger partial charge in [0.1, 0.15) is 12.4 Å². The van der Waals surface area contributed by atoms with Crippen molar-refractivity contribution >= 4 is 11.1 Å². The molecule has 0 aromatic heterocycles. The molecule has 0 unspecified atom stereocenters. The van der Waals surface area contributed by atoms with E-state index in [2.05, 4.69) is 98.0 Å². The zero-order valence-corrected chi connectivity index (χ0v) is 25.5. The highest BCUT2D eigenvalue weighted by Gasteiger charge is 2.14. The van der Waals surface area contributed by atoms with Gasteiger partial charge in [0.25, 0.3) is 0 Å². The number of hydrogen-bond acceptors (Lipinski definition) is 5. The summed E-state index contributed by atoms with van der Waals surface area (Å²) in [5.74, 6) is 1.59. The number of benzene rings is 3. The molecule has 3 rings (SSSR count). The molecular weight excluding hydrogens is 496 g/mol. The molecule has 3 aromatic carbocycles. The zero-order valence-electron chi connectivity index (χ0n) is 25.5. The van der Waals surface area contributed by atoms with Crippen molar-refractivity contribution in [3.8, 4) is 11.5 Å². The molecule has 0 spiro atoms. The highest BCUT2D eigenvalue weighted by Crippen LogP contribution is 2.35. The van der Waals surface area contributed by atoms with Crippen LogP contribution in [0.4, 0.5) is 0 Å². The maximum Gasteiger partial charge on any atom is 0.165 e. The van der Waals surface area contributed by atoms with Crippen LogP contribution < -0.4 is 14.9 Å². The average molecular weight is 547 g/mol. The highest BCUT2D eigenvalue weighted by molar-refractivity contribution is 5.98. The van der Waals surface area contributed by atoms with Gasteiger partial charge in [0.2, 0.25) is 0 Å². The third kappa shape index (κ3) is 11.5.